The van der Waals surface area contributed by atoms with Crippen molar-refractivity contribution in [3.8, 4) is 11.3 Å². The Bertz CT molecular complexity index is 542. The van der Waals surface area contributed by atoms with Crippen LogP contribution in [-0.4, -0.2) is 16.4 Å². The molecule has 1 aromatic heterocycles. The van der Waals surface area contributed by atoms with Gasteiger partial charge < -0.3 is 0 Å². The van der Waals surface area contributed by atoms with Gasteiger partial charge in [-0.2, -0.15) is 4.99 Å². The third kappa shape index (κ3) is 2.57. The van der Waals surface area contributed by atoms with Crippen LogP contribution in [0.25, 0.3) is 11.3 Å². The topological polar surface area (TPSA) is 25.2 Å². The number of thioether (sulfide) groups is 1. The Balaban J connectivity index is 2.39. The molecule has 0 unspecified atom stereocenters. The maximum atomic E-state index is 4.58. The van der Waals surface area contributed by atoms with Crippen molar-refractivity contribution in [2.45, 2.75) is 4.34 Å². The standard InChI is InChI=1S/C11H8N2S3/c1-15-11-13-10(6-16-11)8-3-2-4-9(5-8)12-7-14/h2-6H,1H3. The molecular weight excluding hydrogens is 256 g/mol. The van der Waals surface area contributed by atoms with Crippen molar-refractivity contribution in [2.24, 2.45) is 4.99 Å². The fourth-order valence-electron chi connectivity index (χ4n) is 1.27. The first kappa shape index (κ1) is 11.5. The zero-order chi connectivity index (χ0) is 11.4. The van der Waals surface area contributed by atoms with Gasteiger partial charge in [-0.15, -0.1) is 11.3 Å². The molecule has 2 rings (SSSR count). The molecule has 16 heavy (non-hydrogen) atoms. The minimum atomic E-state index is 0.811. The van der Waals surface area contributed by atoms with E-state index >= 15 is 0 Å². The van der Waals surface area contributed by atoms with Crippen molar-refractivity contribution < 1.29 is 0 Å². The van der Waals surface area contributed by atoms with Crippen molar-refractivity contribution in [3.05, 3.63) is 29.6 Å². The summed E-state index contributed by atoms with van der Waals surface area (Å²) in [6, 6.07) is 7.81. The molecule has 2 aromatic rings. The molecule has 0 aliphatic carbocycles. The minimum Gasteiger partial charge on any atom is -0.230 e. The average Bonchev–Trinajstić information content (AvgIpc) is 2.78. The molecule has 0 aliphatic heterocycles. The SMILES string of the molecule is CSc1nc(-c2cccc(N=C=S)c2)cs1. The zero-order valence-corrected chi connectivity index (χ0v) is 11.0. The third-order valence-electron chi connectivity index (χ3n) is 1.97. The summed E-state index contributed by atoms with van der Waals surface area (Å²) in [6.45, 7) is 0. The molecule has 0 fully saturated rings. The second kappa shape index (κ2) is 5.37. The van der Waals surface area contributed by atoms with Crippen molar-refractivity contribution in [1.29, 1.82) is 0 Å². The summed E-state index contributed by atoms with van der Waals surface area (Å²) >= 11 is 7.89. The van der Waals surface area contributed by atoms with Crippen LogP contribution in [0.3, 0.4) is 0 Å². The Labute approximate surface area is 107 Å². The van der Waals surface area contributed by atoms with Crippen LogP contribution in [0.5, 0.6) is 0 Å². The van der Waals surface area contributed by atoms with E-state index in [9.17, 15) is 0 Å². The van der Waals surface area contributed by atoms with Crippen LogP contribution < -0.4 is 0 Å². The lowest BCUT2D eigenvalue weighted by atomic mass is 10.1. The predicted molar refractivity (Wildman–Crippen MR) is 74.0 cm³/mol. The Morgan fingerprint density at radius 2 is 2.38 bits per heavy atom. The third-order valence-corrected chi connectivity index (χ3v) is 3.93. The van der Waals surface area contributed by atoms with Gasteiger partial charge >= 0.3 is 0 Å². The number of hydrogen-bond donors (Lipinski definition) is 0. The van der Waals surface area contributed by atoms with Crippen LogP contribution in [0.2, 0.25) is 0 Å². The molecular formula is C11H8N2S3. The van der Waals surface area contributed by atoms with Crippen LogP contribution in [0, 0.1) is 0 Å². The van der Waals surface area contributed by atoms with Gasteiger partial charge in [0.1, 0.15) is 4.34 Å². The second-order valence-corrected chi connectivity index (χ2v) is 5.05. The summed E-state index contributed by atoms with van der Waals surface area (Å²) in [7, 11) is 0. The molecule has 0 atom stereocenters. The van der Waals surface area contributed by atoms with Gasteiger partial charge in [0.25, 0.3) is 0 Å². The Hall–Kier alpha value is -1.000. The van der Waals surface area contributed by atoms with E-state index in [1.165, 1.54) is 0 Å². The highest BCUT2D eigenvalue weighted by atomic mass is 32.2. The molecule has 1 heterocycles. The van der Waals surface area contributed by atoms with Gasteiger partial charge in [0.2, 0.25) is 0 Å². The van der Waals surface area contributed by atoms with E-state index in [1.807, 2.05) is 35.9 Å². The van der Waals surface area contributed by atoms with Crippen molar-refractivity contribution in [1.82, 2.24) is 4.98 Å². The van der Waals surface area contributed by atoms with E-state index in [0.29, 0.717) is 0 Å². The first-order valence-electron chi connectivity index (χ1n) is 4.51. The molecule has 0 N–H and O–H groups in total. The highest BCUT2D eigenvalue weighted by Crippen LogP contribution is 2.28. The van der Waals surface area contributed by atoms with Crippen LogP contribution in [0.15, 0.2) is 39.0 Å². The van der Waals surface area contributed by atoms with Gasteiger partial charge in [0.05, 0.1) is 16.5 Å². The lowest BCUT2D eigenvalue weighted by molar-refractivity contribution is 1.26. The number of rotatable bonds is 3. The second-order valence-electron chi connectivity index (χ2n) is 2.96. The van der Waals surface area contributed by atoms with E-state index in [2.05, 4.69) is 27.4 Å². The number of benzene rings is 1. The van der Waals surface area contributed by atoms with E-state index in [1.54, 1.807) is 23.1 Å². The molecule has 5 heteroatoms. The Kier molecular flexibility index (Phi) is 3.85. The largest absolute Gasteiger partial charge is 0.230 e. The van der Waals surface area contributed by atoms with Gasteiger partial charge in [-0.05, 0) is 30.6 Å². The highest BCUT2D eigenvalue weighted by molar-refractivity contribution is 8.00. The normalized spacial score (nSPS) is 9.81. The first-order chi connectivity index (χ1) is 7.83. The number of aliphatic imine (C=N–C) groups is 1. The van der Waals surface area contributed by atoms with E-state index in [4.69, 9.17) is 0 Å². The average molecular weight is 264 g/mol. The summed E-state index contributed by atoms with van der Waals surface area (Å²) in [5.41, 5.74) is 2.85. The molecule has 0 saturated heterocycles. The molecule has 0 spiro atoms. The van der Waals surface area contributed by atoms with Gasteiger partial charge in [0.15, 0.2) is 0 Å². The summed E-state index contributed by atoms with van der Waals surface area (Å²) in [5.74, 6) is 0. The molecule has 0 aliphatic rings. The lowest BCUT2D eigenvalue weighted by Crippen LogP contribution is -1.77. The number of isothiocyanates is 1. The van der Waals surface area contributed by atoms with Crippen molar-refractivity contribution >= 4 is 46.2 Å². The molecule has 0 saturated carbocycles. The molecule has 0 bridgehead atoms. The smallest absolute Gasteiger partial charge is 0.150 e. The number of aromatic nitrogens is 1. The predicted octanol–water partition coefficient (Wildman–Crippen LogP) is 4.27. The van der Waals surface area contributed by atoms with Gasteiger partial charge in [0, 0.05) is 10.9 Å². The summed E-state index contributed by atoms with van der Waals surface area (Å²) in [5, 5.41) is 4.41. The zero-order valence-electron chi connectivity index (χ0n) is 8.51. The molecule has 2 nitrogen and oxygen atoms in total. The van der Waals surface area contributed by atoms with Crippen LogP contribution >= 0.6 is 35.3 Å². The number of thiocarbonyl (C=S) groups is 1. The molecule has 80 valence electrons. The first-order valence-corrected chi connectivity index (χ1v) is 7.02. The van der Waals surface area contributed by atoms with E-state index in [-0.39, 0.29) is 0 Å². The molecule has 0 radical (unpaired) electrons. The van der Waals surface area contributed by atoms with Crippen molar-refractivity contribution in [3.63, 3.8) is 0 Å². The van der Waals surface area contributed by atoms with Crippen LogP contribution in [-0.2, 0) is 0 Å². The van der Waals surface area contributed by atoms with Crippen LogP contribution in [0.1, 0.15) is 0 Å². The Morgan fingerprint density at radius 1 is 1.50 bits per heavy atom. The van der Waals surface area contributed by atoms with Gasteiger partial charge in [-0.3, -0.25) is 0 Å². The summed E-state index contributed by atoms with van der Waals surface area (Å²) in [6.07, 6.45) is 2.02. The monoisotopic (exact) mass is 264 g/mol. The van der Waals surface area contributed by atoms with Crippen LogP contribution in [0.4, 0.5) is 5.69 Å². The summed E-state index contributed by atoms with van der Waals surface area (Å²) in [4.78, 5) is 8.45. The number of hydrogen-bond acceptors (Lipinski definition) is 5. The van der Waals surface area contributed by atoms with E-state index in [0.717, 1.165) is 21.3 Å². The Morgan fingerprint density at radius 3 is 3.06 bits per heavy atom. The van der Waals surface area contributed by atoms with Gasteiger partial charge in [-0.1, -0.05) is 23.9 Å². The minimum absolute atomic E-state index is 0.811. The number of nitrogens with zero attached hydrogens (tertiary/aromatic N) is 2. The van der Waals surface area contributed by atoms with Crippen molar-refractivity contribution in [2.75, 3.05) is 6.26 Å². The molecule has 0 amide bonds. The highest BCUT2D eigenvalue weighted by Gasteiger charge is 2.03. The molecule has 1 aromatic carbocycles. The number of thiazole rings is 1. The fourth-order valence-corrected chi connectivity index (χ4v) is 2.65. The summed E-state index contributed by atoms with van der Waals surface area (Å²) < 4.78 is 1.07. The van der Waals surface area contributed by atoms with Gasteiger partial charge in [-0.25, -0.2) is 4.98 Å². The fraction of sp³-hybridized carbons (Fsp3) is 0.0909. The van der Waals surface area contributed by atoms with E-state index < -0.39 is 0 Å². The lowest BCUT2D eigenvalue weighted by Gasteiger charge is -1.97. The maximum absolute atomic E-state index is 4.58. The maximum Gasteiger partial charge on any atom is 0.150 e. The quantitative estimate of drug-likeness (QED) is 0.470.